The van der Waals surface area contributed by atoms with Crippen LogP contribution in [-0.2, 0) is 14.9 Å². The van der Waals surface area contributed by atoms with Crippen LogP contribution in [0.5, 0.6) is 0 Å². The molecule has 1 saturated carbocycles. The quantitative estimate of drug-likeness (QED) is 0.514. The molecule has 2 unspecified atom stereocenters. The van der Waals surface area contributed by atoms with Gasteiger partial charge in [-0.3, -0.25) is 0 Å². The molecule has 0 spiro atoms. The van der Waals surface area contributed by atoms with Gasteiger partial charge in [0.25, 0.3) is 10.2 Å². The smallest absolute Gasteiger partial charge is 0.279 e. The summed E-state index contributed by atoms with van der Waals surface area (Å²) in [4.78, 5) is 2.10. The summed E-state index contributed by atoms with van der Waals surface area (Å²) < 4.78 is 61.9. The number of piperidine rings is 1. The minimum Gasteiger partial charge on any atom is -0.378 e. The van der Waals surface area contributed by atoms with E-state index >= 15 is 0 Å². The highest BCUT2D eigenvalue weighted by Gasteiger charge is 2.35. The third-order valence-electron chi connectivity index (χ3n) is 7.27. The number of nitrogens with zero attached hydrogens (tertiary/aromatic N) is 4. The third-order valence-corrected chi connectivity index (χ3v) is 8.87. The summed E-state index contributed by atoms with van der Waals surface area (Å²) in [6.45, 7) is 0.647. The Kier molecular flexibility index (Phi) is 9.21. The first-order valence-electron chi connectivity index (χ1n) is 12.5. The molecule has 1 aliphatic heterocycles. The molecule has 4 rings (SSSR count). The van der Waals surface area contributed by atoms with E-state index in [1.807, 2.05) is 18.2 Å². The lowest BCUT2D eigenvalue weighted by Crippen LogP contribution is -2.55. The number of alkyl halides is 1. The number of hydrogen-bond acceptors (Lipinski definition) is 6. The Hall–Kier alpha value is -2.21. The summed E-state index contributed by atoms with van der Waals surface area (Å²) in [6.07, 6.45) is 5.86. The second kappa shape index (κ2) is 12.4. The highest BCUT2D eigenvalue weighted by Crippen LogP contribution is 2.35. The number of aromatic nitrogens is 2. The van der Waals surface area contributed by atoms with E-state index in [0.717, 1.165) is 41.4 Å². The van der Waals surface area contributed by atoms with Crippen molar-refractivity contribution in [2.75, 3.05) is 44.9 Å². The number of anilines is 1. The van der Waals surface area contributed by atoms with E-state index in [4.69, 9.17) is 4.74 Å². The van der Waals surface area contributed by atoms with Crippen LogP contribution in [0.15, 0.2) is 42.6 Å². The zero-order chi connectivity index (χ0) is 25.5. The maximum absolute atomic E-state index is 13.6. The van der Waals surface area contributed by atoms with Gasteiger partial charge in [0, 0.05) is 44.8 Å². The Morgan fingerprint density at radius 3 is 2.67 bits per heavy atom. The lowest BCUT2D eigenvalue weighted by molar-refractivity contribution is -0.00226. The standard InChI is InChI=1S/C25H35F2N5O3S/c1-31(15-12-26)36(33,34)30-24-11-14-32(25-6-3-13-28-29-25)17-21(24)18-35-23-9-7-19(8-10-23)20-4-2-5-22(27)16-20/h2-6,13,16,19,21,23-24,30H,7-12,14-15,17-18H2,1H3. The number of halogens is 2. The highest BCUT2D eigenvalue weighted by atomic mass is 32.2. The molecule has 36 heavy (non-hydrogen) atoms. The van der Waals surface area contributed by atoms with E-state index in [2.05, 4.69) is 19.8 Å². The first kappa shape index (κ1) is 26.8. The molecule has 2 fully saturated rings. The molecule has 2 aromatic rings. The normalized spacial score (nSPS) is 25.3. The van der Waals surface area contributed by atoms with Gasteiger partial charge in [0.1, 0.15) is 12.5 Å². The van der Waals surface area contributed by atoms with Crippen LogP contribution in [0.3, 0.4) is 0 Å². The van der Waals surface area contributed by atoms with Gasteiger partial charge >= 0.3 is 0 Å². The zero-order valence-electron chi connectivity index (χ0n) is 20.6. The minimum atomic E-state index is -3.81. The minimum absolute atomic E-state index is 0.0770. The van der Waals surface area contributed by atoms with Gasteiger partial charge in [-0.25, -0.2) is 8.78 Å². The summed E-state index contributed by atoms with van der Waals surface area (Å²) >= 11 is 0. The maximum Gasteiger partial charge on any atom is 0.279 e. The van der Waals surface area contributed by atoms with Crippen molar-refractivity contribution in [2.45, 2.75) is 50.2 Å². The van der Waals surface area contributed by atoms with Gasteiger partial charge in [0.15, 0.2) is 5.82 Å². The van der Waals surface area contributed by atoms with E-state index in [-0.39, 0.29) is 30.4 Å². The maximum atomic E-state index is 13.6. The lowest BCUT2D eigenvalue weighted by Gasteiger charge is -2.40. The Morgan fingerprint density at radius 1 is 1.17 bits per heavy atom. The summed E-state index contributed by atoms with van der Waals surface area (Å²) in [5.41, 5.74) is 1.03. The van der Waals surface area contributed by atoms with Crippen molar-refractivity contribution in [3.63, 3.8) is 0 Å². The van der Waals surface area contributed by atoms with Gasteiger partial charge in [0.05, 0.1) is 12.7 Å². The largest absolute Gasteiger partial charge is 0.378 e. The molecule has 0 bridgehead atoms. The second-order valence-corrected chi connectivity index (χ2v) is 11.5. The van der Waals surface area contributed by atoms with Crippen LogP contribution in [-0.4, -0.2) is 75.0 Å². The molecule has 1 saturated heterocycles. The topological polar surface area (TPSA) is 87.7 Å². The average Bonchev–Trinajstić information content (AvgIpc) is 2.89. The molecule has 1 aromatic carbocycles. The predicted molar refractivity (Wildman–Crippen MR) is 134 cm³/mol. The first-order chi connectivity index (χ1) is 17.4. The van der Waals surface area contributed by atoms with Crippen LogP contribution < -0.4 is 9.62 Å². The Morgan fingerprint density at radius 2 is 1.97 bits per heavy atom. The van der Waals surface area contributed by atoms with Crippen molar-refractivity contribution in [3.8, 4) is 0 Å². The Bertz CT molecular complexity index is 1070. The SMILES string of the molecule is CN(CCF)S(=O)(=O)NC1CCN(c2cccnn2)CC1COC1CCC(c2cccc(F)c2)CC1. The molecule has 0 amide bonds. The van der Waals surface area contributed by atoms with Gasteiger partial charge < -0.3 is 9.64 Å². The van der Waals surface area contributed by atoms with Gasteiger partial charge in [-0.2, -0.15) is 22.5 Å². The average molecular weight is 524 g/mol. The van der Waals surface area contributed by atoms with Crippen molar-refractivity contribution >= 4 is 16.0 Å². The van der Waals surface area contributed by atoms with E-state index in [9.17, 15) is 17.2 Å². The number of nitrogens with one attached hydrogen (secondary N) is 1. The molecular formula is C25H35F2N5O3S. The van der Waals surface area contributed by atoms with Crippen LogP contribution in [0, 0.1) is 11.7 Å². The molecule has 2 aliphatic rings. The van der Waals surface area contributed by atoms with Crippen LogP contribution in [0.4, 0.5) is 14.6 Å². The van der Waals surface area contributed by atoms with Gasteiger partial charge in [-0.1, -0.05) is 12.1 Å². The van der Waals surface area contributed by atoms with Crippen LogP contribution in [0.1, 0.15) is 43.6 Å². The van der Waals surface area contributed by atoms with Crippen LogP contribution in [0.25, 0.3) is 0 Å². The monoisotopic (exact) mass is 523 g/mol. The van der Waals surface area contributed by atoms with Gasteiger partial charge in [-0.05, 0) is 67.9 Å². The summed E-state index contributed by atoms with van der Waals surface area (Å²) in [5.74, 6) is 0.749. The molecule has 8 nitrogen and oxygen atoms in total. The van der Waals surface area contributed by atoms with E-state index in [1.54, 1.807) is 18.3 Å². The fourth-order valence-electron chi connectivity index (χ4n) is 5.13. The molecule has 2 heterocycles. The molecule has 1 N–H and O–H groups in total. The Balaban J connectivity index is 1.38. The van der Waals surface area contributed by atoms with Gasteiger partial charge in [-0.15, -0.1) is 5.10 Å². The fraction of sp³-hybridized carbons (Fsp3) is 0.600. The molecule has 1 aromatic heterocycles. The van der Waals surface area contributed by atoms with Gasteiger partial charge in [0.2, 0.25) is 0 Å². The van der Waals surface area contributed by atoms with E-state index in [0.29, 0.717) is 32.0 Å². The van der Waals surface area contributed by atoms with Crippen LogP contribution in [0.2, 0.25) is 0 Å². The van der Waals surface area contributed by atoms with Crippen molar-refractivity contribution in [1.82, 2.24) is 19.2 Å². The number of rotatable bonds is 10. The van der Waals surface area contributed by atoms with Crippen molar-refractivity contribution in [3.05, 3.63) is 54.0 Å². The lowest BCUT2D eigenvalue weighted by atomic mass is 9.82. The summed E-state index contributed by atoms with van der Waals surface area (Å²) in [6, 6.07) is 10.2. The summed E-state index contributed by atoms with van der Waals surface area (Å²) in [5, 5.41) is 8.17. The molecule has 2 atom stereocenters. The number of benzene rings is 1. The fourth-order valence-corrected chi connectivity index (χ4v) is 6.31. The molecule has 11 heteroatoms. The van der Waals surface area contributed by atoms with E-state index < -0.39 is 16.9 Å². The zero-order valence-corrected chi connectivity index (χ0v) is 21.4. The summed E-state index contributed by atoms with van der Waals surface area (Å²) in [7, 11) is -2.44. The molecule has 0 radical (unpaired) electrons. The first-order valence-corrected chi connectivity index (χ1v) is 14.0. The predicted octanol–water partition coefficient (Wildman–Crippen LogP) is 3.29. The third kappa shape index (κ3) is 6.96. The number of hydrogen-bond donors (Lipinski definition) is 1. The Labute approximate surface area is 212 Å². The molecule has 198 valence electrons. The van der Waals surface area contributed by atoms with E-state index in [1.165, 1.54) is 13.1 Å². The van der Waals surface area contributed by atoms with Crippen molar-refractivity contribution < 1.29 is 21.9 Å². The second-order valence-electron chi connectivity index (χ2n) is 9.68. The van der Waals surface area contributed by atoms with Crippen LogP contribution >= 0.6 is 0 Å². The molecule has 1 aliphatic carbocycles. The number of ether oxygens (including phenoxy) is 1. The molecular weight excluding hydrogens is 488 g/mol. The van der Waals surface area contributed by atoms with Crippen molar-refractivity contribution in [2.24, 2.45) is 5.92 Å². The van der Waals surface area contributed by atoms with Crippen molar-refractivity contribution in [1.29, 1.82) is 0 Å². The highest BCUT2D eigenvalue weighted by molar-refractivity contribution is 7.87.